The highest BCUT2D eigenvalue weighted by Gasteiger charge is 2.22. The summed E-state index contributed by atoms with van der Waals surface area (Å²) in [5.41, 5.74) is 0.800. The van der Waals surface area contributed by atoms with E-state index in [9.17, 15) is 19.3 Å². The topological polar surface area (TPSA) is 116 Å². The van der Waals surface area contributed by atoms with Gasteiger partial charge in [0.1, 0.15) is 29.1 Å². The van der Waals surface area contributed by atoms with Crippen molar-refractivity contribution in [2.45, 2.75) is 65.2 Å². The quantitative estimate of drug-likeness (QED) is 0.145. The molecular weight excluding hydrogens is 559 g/mol. The average molecular weight is 591 g/mol. The van der Waals surface area contributed by atoms with Crippen LogP contribution in [0, 0.1) is 15.9 Å². The van der Waals surface area contributed by atoms with Gasteiger partial charge in [-0.3, -0.25) is 10.1 Å². The van der Waals surface area contributed by atoms with Crippen molar-refractivity contribution < 1.29 is 23.6 Å². The summed E-state index contributed by atoms with van der Waals surface area (Å²) >= 11 is 3.41. The number of alkyl carbamates (subject to hydrolysis) is 1. The summed E-state index contributed by atoms with van der Waals surface area (Å²) in [5, 5.41) is 18.1. The molecule has 9 nitrogen and oxygen atoms in total. The molecule has 0 aliphatic rings. The first-order chi connectivity index (χ1) is 17.8. The Balaban J connectivity index is 1.63. The zero-order chi connectivity index (χ0) is 28.0. The van der Waals surface area contributed by atoms with Crippen molar-refractivity contribution >= 4 is 44.3 Å². The Bertz CT molecular complexity index is 1310. The van der Waals surface area contributed by atoms with Gasteiger partial charge >= 0.3 is 11.8 Å². The van der Waals surface area contributed by atoms with Crippen LogP contribution in [-0.4, -0.2) is 34.3 Å². The van der Waals surface area contributed by atoms with Crippen LogP contribution < -0.4 is 15.4 Å². The van der Waals surface area contributed by atoms with Gasteiger partial charge in [0.15, 0.2) is 0 Å². The summed E-state index contributed by atoms with van der Waals surface area (Å²) in [5.74, 6) is 0.0101. The molecule has 11 heteroatoms. The van der Waals surface area contributed by atoms with Crippen LogP contribution in [0.5, 0.6) is 5.75 Å². The summed E-state index contributed by atoms with van der Waals surface area (Å²) in [6.45, 7) is 9.37. The van der Waals surface area contributed by atoms with Crippen LogP contribution in [0.2, 0.25) is 0 Å². The number of halogens is 2. The molecule has 0 spiro atoms. The number of hydrogen-bond acceptors (Lipinski definition) is 7. The van der Waals surface area contributed by atoms with E-state index in [1.165, 1.54) is 24.4 Å². The number of fused-ring (bicyclic) bond motifs is 1. The summed E-state index contributed by atoms with van der Waals surface area (Å²) in [4.78, 5) is 27.5. The monoisotopic (exact) mass is 590 g/mol. The first-order valence-electron chi connectivity index (χ1n) is 12.3. The van der Waals surface area contributed by atoms with Gasteiger partial charge in [-0.25, -0.2) is 14.2 Å². The zero-order valence-electron chi connectivity index (χ0n) is 22.0. The van der Waals surface area contributed by atoms with E-state index in [1.807, 2.05) is 13.0 Å². The Morgan fingerprint density at radius 1 is 1.21 bits per heavy atom. The minimum atomic E-state index is -0.660. The molecule has 0 saturated heterocycles. The molecule has 0 aliphatic carbocycles. The maximum atomic E-state index is 14.0. The minimum Gasteiger partial charge on any atom is -0.490 e. The highest BCUT2D eigenvalue weighted by atomic mass is 79.9. The van der Waals surface area contributed by atoms with Gasteiger partial charge in [-0.05, 0) is 83.9 Å². The predicted octanol–water partition coefficient (Wildman–Crippen LogP) is 7.29. The van der Waals surface area contributed by atoms with Gasteiger partial charge in [0.05, 0.1) is 22.6 Å². The van der Waals surface area contributed by atoms with Crippen molar-refractivity contribution in [3.8, 4) is 5.75 Å². The number of hydrogen-bond donors (Lipinski definition) is 2. The standard InChI is InChI=1S/C27H32BrFN4O5/c1-16(37-24-11-9-19(29)14-20(24)17(2)32-26(34)38-27(3,4)5)7-6-12-30-25-21-13-18(28)8-10-22(21)31-15-23(25)33(35)36/h8-11,13-17H,6-7,12H2,1-5H3,(H,30,31)(H,32,34)/t16?,17-/m1/s1. The third-order valence-corrected chi connectivity index (χ3v) is 6.09. The second kappa shape index (κ2) is 12.4. The van der Waals surface area contributed by atoms with Crippen LogP contribution in [0.1, 0.15) is 59.1 Å². The maximum Gasteiger partial charge on any atom is 0.408 e. The maximum absolute atomic E-state index is 14.0. The fraction of sp³-hybridized carbons (Fsp3) is 0.407. The molecule has 3 aromatic rings. The highest BCUT2D eigenvalue weighted by Crippen LogP contribution is 2.33. The Morgan fingerprint density at radius 2 is 1.95 bits per heavy atom. The van der Waals surface area contributed by atoms with Gasteiger partial charge in [-0.15, -0.1) is 0 Å². The number of carbonyl (C=O) groups excluding carboxylic acids is 1. The number of aromatic nitrogens is 1. The smallest absolute Gasteiger partial charge is 0.408 e. The van der Waals surface area contributed by atoms with E-state index in [0.29, 0.717) is 47.3 Å². The fourth-order valence-corrected chi connectivity index (χ4v) is 4.25. The number of nitro groups is 1. The molecule has 2 aromatic carbocycles. The van der Waals surface area contributed by atoms with Gasteiger partial charge < -0.3 is 20.1 Å². The summed E-state index contributed by atoms with van der Waals surface area (Å²) in [6, 6.07) is 9.05. The number of carbonyl (C=O) groups is 1. The van der Waals surface area contributed by atoms with E-state index in [4.69, 9.17) is 9.47 Å². The minimum absolute atomic E-state index is 0.0951. The molecule has 0 aliphatic heterocycles. The van der Waals surface area contributed by atoms with Crippen molar-refractivity contribution in [1.29, 1.82) is 0 Å². The van der Waals surface area contributed by atoms with Crippen LogP contribution in [0.3, 0.4) is 0 Å². The second-order valence-corrected chi connectivity index (χ2v) is 10.9. The van der Waals surface area contributed by atoms with Crippen LogP contribution in [-0.2, 0) is 4.74 Å². The zero-order valence-corrected chi connectivity index (χ0v) is 23.6. The molecule has 38 heavy (non-hydrogen) atoms. The lowest BCUT2D eigenvalue weighted by Crippen LogP contribution is -2.34. The number of amides is 1. The molecule has 1 aromatic heterocycles. The molecule has 2 N–H and O–H groups in total. The molecule has 1 heterocycles. The predicted molar refractivity (Wildman–Crippen MR) is 148 cm³/mol. The van der Waals surface area contributed by atoms with Gasteiger partial charge in [-0.2, -0.15) is 0 Å². The first-order valence-corrected chi connectivity index (χ1v) is 13.1. The molecular formula is C27H32BrFN4O5. The largest absolute Gasteiger partial charge is 0.490 e. The van der Waals surface area contributed by atoms with Gasteiger partial charge in [0.2, 0.25) is 0 Å². The second-order valence-electron chi connectivity index (χ2n) is 9.98. The van der Waals surface area contributed by atoms with Gasteiger partial charge in [0, 0.05) is 22.0 Å². The Labute approximate surface area is 229 Å². The van der Waals surface area contributed by atoms with Crippen molar-refractivity contribution in [3.05, 3.63) is 68.6 Å². The molecule has 0 saturated carbocycles. The molecule has 0 fully saturated rings. The van der Waals surface area contributed by atoms with Crippen LogP contribution >= 0.6 is 15.9 Å². The average Bonchev–Trinajstić information content (AvgIpc) is 2.81. The Morgan fingerprint density at radius 3 is 2.63 bits per heavy atom. The number of benzene rings is 2. The van der Waals surface area contributed by atoms with Crippen molar-refractivity contribution in [2.24, 2.45) is 0 Å². The van der Waals surface area contributed by atoms with Crippen LogP contribution in [0.15, 0.2) is 47.1 Å². The SMILES string of the molecule is CC(CCCNc1c([N+](=O)[O-])cnc2ccc(Br)cc12)Oc1ccc(F)cc1[C@@H](C)NC(=O)OC(C)(C)C. The molecule has 0 bridgehead atoms. The third kappa shape index (κ3) is 8.01. The van der Waals surface area contributed by atoms with Crippen molar-refractivity contribution in [2.75, 3.05) is 11.9 Å². The van der Waals surface area contributed by atoms with Crippen LogP contribution in [0.25, 0.3) is 10.9 Å². The normalized spacial score (nSPS) is 13.0. The third-order valence-electron chi connectivity index (χ3n) is 5.60. The van der Waals surface area contributed by atoms with E-state index < -0.39 is 28.5 Å². The summed E-state index contributed by atoms with van der Waals surface area (Å²) in [6.07, 6.45) is 1.68. The number of nitrogens with zero attached hydrogens (tertiary/aromatic N) is 2. The highest BCUT2D eigenvalue weighted by molar-refractivity contribution is 9.10. The van der Waals surface area contributed by atoms with E-state index in [1.54, 1.807) is 39.8 Å². The van der Waals surface area contributed by atoms with E-state index in [0.717, 1.165) is 4.47 Å². The molecule has 1 unspecified atom stereocenters. The van der Waals surface area contributed by atoms with Crippen molar-refractivity contribution in [1.82, 2.24) is 10.3 Å². The number of rotatable bonds is 10. The fourth-order valence-electron chi connectivity index (χ4n) is 3.88. The Hall–Kier alpha value is -3.47. The molecule has 2 atom stereocenters. The van der Waals surface area contributed by atoms with Gasteiger partial charge in [0.25, 0.3) is 0 Å². The first kappa shape index (κ1) is 29.1. The summed E-state index contributed by atoms with van der Waals surface area (Å²) < 4.78 is 26.2. The molecule has 3 rings (SSSR count). The van der Waals surface area contributed by atoms with Crippen molar-refractivity contribution in [3.63, 3.8) is 0 Å². The van der Waals surface area contributed by atoms with E-state index >= 15 is 0 Å². The van der Waals surface area contributed by atoms with Gasteiger partial charge in [-0.1, -0.05) is 15.9 Å². The molecule has 1 amide bonds. The number of pyridine rings is 1. The molecule has 204 valence electrons. The Kier molecular flexibility index (Phi) is 9.48. The number of nitrogens with one attached hydrogen (secondary N) is 2. The van der Waals surface area contributed by atoms with Crippen LogP contribution in [0.4, 0.5) is 20.6 Å². The lowest BCUT2D eigenvalue weighted by Gasteiger charge is -2.24. The number of anilines is 1. The van der Waals surface area contributed by atoms with E-state index in [-0.39, 0.29) is 11.8 Å². The molecule has 0 radical (unpaired) electrons. The lowest BCUT2D eigenvalue weighted by atomic mass is 10.1. The number of ether oxygens (including phenoxy) is 2. The lowest BCUT2D eigenvalue weighted by molar-refractivity contribution is -0.384. The van der Waals surface area contributed by atoms with E-state index in [2.05, 4.69) is 31.5 Å². The summed E-state index contributed by atoms with van der Waals surface area (Å²) in [7, 11) is 0.